The number of pyridine rings is 1. The van der Waals surface area contributed by atoms with Crippen LogP contribution in [0.3, 0.4) is 0 Å². The van der Waals surface area contributed by atoms with Crippen LogP contribution in [0.4, 0.5) is 0 Å². The number of nitrogens with zero attached hydrogens (tertiary/aromatic N) is 1. The van der Waals surface area contributed by atoms with Gasteiger partial charge in [-0.3, -0.25) is 0 Å². The first-order valence-corrected chi connectivity index (χ1v) is 12.4. The van der Waals surface area contributed by atoms with Gasteiger partial charge in [-0.05, 0) is 30.3 Å². The van der Waals surface area contributed by atoms with Crippen molar-refractivity contribution in [2.45, 2.75) is 0 Å². The highest BCUT2D eigenvalue weighted by Crippen LogP contribution is 2.26. The van der Waals surface area contributed by atoms with Gasteiger partial charge in [-0.25, -0.2) is 4.98 Å². The number of ether oxygens (including phenoxy) is 6. The maximum Gasteiger partial charge on any atom is 0.121 e. The van der Waals surface area contributed by atoms with Crippen molar-refractivity contribution in [1.82, 2.24) is 4.98 Å². The van der Waals surface area contributed by atoms with Gasteiger partial charge in [0.05, 0.1) is 63.9 Å². The quantitative estimate of drug-likeness (QED) is 0.139. The van der Waals surface area contributed by atoms with Gasteiger partial charge < -0.3 is 28.4 Å². The summed E-state index contributed by atoms with van der Waals surface area (Å²) in [6, 6.07) is 13.9. The van der Waals surface area contributed by atoms with Crippen molar-refractivity contribution in [3.63, 3.8) is 0 Å². The fraction of sp³-hybridized carbons (Fsp3) is 0.480. The second-order valence-electron chi connectivity index (χ2n) is 7.22. The first-order chi connectivity index (χ1) is 16.8. The molecule has 1 heterocycles. The number of halogens is 2. The lowest BCUT2D eigenvalue weighted by atomic mass is 10.1. The van der Waals surface area contributed by atoms with Crippen molar-refractivity contribution in [1.29, 1.82) is 0 Å². The molecule has 2 aromatic carbocycles. The van der Waals surface area contributed by atoms with Gasteiger partial charge in [0, 0.05) is 34.7 Å². The Morgan fingerprint density at radius 3 is 1.35 bits per heavy atom. The molecule has 0 unspecified atom stereocenters. The Balaban J connectivity index is 1.47. The molecule has 0 aliphatic carbocycles. The van der Waals surface area contributed by atoms with E-state index in [-0.39, 0.29) is 0 Å². The van der Waals surface area contributed by atoms with Crippen LogP contribution in [-0.4, -0.2) is 82.8 Å². The van der Waals surface area contributed by atoms with Crippen LogP contribution in [0, 0.1) is 0 Å². The summed E-state index contributed by atoms with van der Waals surface area (Å²) in [5.41, 5.74) is 1.72. The summed E-state index contributed by atoms with van der Waals surface area (Å²) in [6.07, 6.45) is 0. The van der Waals surface area contributed by atoms with Gasteiger partial charge in [-0.2, -0.15) is 0 Å². The van der Waals surface area contributed by atoms with Crippen LogP contribution in [0.2, 0.25) is 0 Å². The molecule has 0 aliphatic rings. The van der Waals surface area contributed by atoms with Crippen LogP contribution >= 0.6 is 23.2 Å². The Kier molecular flexibility index (Phi) is 12.5. The van der Waals surface area contributed by atoms with E-state index in [1.165, 1.54) is 0 Å². The highest BCUT2D eigenvalue weighted by atomic mass is 35.5. The number of hydrogen-bond acceptors (Lipinski definition) is 7. The van der Waals surface area contributed by atoms with E-state index in [0.29, 0.717) is 77.8 Å². The maximum atomic E-state index is 5.80. The fourth-order valence-corrected chi connectivity index (χ4v) is 3.37. The van der Waals surface area contributed by atoms with Crippen molar-refractivity contribution in [2.75, 3.05) is 77.8 Å². The van der Waals surface area contributed by atoms with E-state index in [9.17, 15) is 0 Å². The largest absolute Gasteiger partial charge is 0.491 e. The number of alkyl halides is 2. The van der Waals surface area contributed by atoms with Crippen LogP contribution in [0.25, 0.3) is 21.8 Å². The Bertz CT molecular complexity index is 915. The second-order valence-corrected chi connectivity index (χ2v) is 7.98. The monoisotopic (exact) mass is 511 g/mol. The van der Waals surface area contributed by atoms with Crippen LogP contribution in [-0.2, 0) is 18.9 Å². The van der Waals surface area contributed by atoms with Gasteiger partial charge in [-0.1, -0.05) is 0 Å². The molecule has 0 fully saturated rings. The lowest BCUT2D eigenvalue weighted by Crippen LogP contribution is -2.11. The second kappa shape index (κ2) is 15.9. The molecule has 0 atom stereocenters. The summed E-state index contributed by atoms with van der Waals surface area (Å²) in [7, 11) is 0. The molecule has 0 amide bonds. The SMILES string of the molecule is ClCCOCCOCCOc1ccc2cc3ccc(OCCOCCOCCCl)cc3nc2c1. The van der Waals surface area contributed by atoms with Gasteiger partial charge >= 0.3 is 0 Å². The smallest absolute Gasteiger partial charge is 0.121 e. The molecule has 0 aliphatic heterocycles. The molecule has 0 saturated carbocycles. The molecule has 34 heavy (non-hydrogen) atoms. The maximum absolute atomic E-state index is 5.80. The fourth-order valence-electron chi connectivity index (χ4n) is 3.15. The highest BCUT2D eigenvalue weighted by molar-refractivity contribution is 6.18. The lowest BCUT2D eigenvalue weighted by molar-refractivity contribution is 0.0410. The van der Waals surface area contributed by atoms with Crippen LogP contribution < -0.4 is 9.47 Å². The van der Waals surface area contributed by atoms with Crippen molar-refractivity contribution in [2.24, 2.45) is 0 Å². The Morgan fingerprint density at radius 2 is 0.912 bits per heavy atom. The molecular formula is C25H31Cl2NO6. The molecular weight excluding hydrogens is 481 g/mol. The number of aromatic nitrogens is 1. The summed E-state index contributed by atoms with van der Waals surface area (Å²) in [5.74, 6) is 2.48. The molecule has 1 aromatic heterocycles. The average Bonchev–Trinajstić information content (AvgIpc) is 2.86. The van der Waals surface area contributed by atoms with E-state index >= 15 is 0 Å². The zero-order valence-electron chi connectivity index (χ0n) is 19.2. The minimum Gasteiger partial charge on any atom is -0.491 e. The van der Waals surface area contributed by atoms with Crippen LogP contribution in [0.1, 0.15) is 0 Å². The minimum absolute atomic E-state index is 0.452. The standard InChI is InChI=1S/C25H31Cl2NO6/c26-5-7-29-9-11-31-13-15-33-22-3-1-20-17-21-2-4-23(19-25(21)28-24(20)18-22)34-16-14-32-12-10-30-8-6-27/h1-4,17-19H,5-16H2. The van der Waals surface area contributed by atoms with Gasteiger partial charge in [0.1, 0.15) is 24.7 Å². The topological polar surface area (TPSA) is 68.3 Å². The normalized spacial score (nSPS) is 11.4. The van der Waals surface area contributed by atoms with E-state index < -0.39 is 0 Å². The van der Waals surface area contributed by atoms with Crippen molar-refractivity contribution in [3.05, 3.63) is 42.5 Å². The number of rotatable bonds is 18. The van der Waals surface area contributed by atoms with Crippen molar-refractivity contribution in [3.8, 4) is 11.5 Å². The molecule has 186 valence electrons. The van der Waals surface area contributed by atoms with E-state index in [1.54, 1.807) is 0 Å². The van der Waals surface area contributed by atoms with E-state index in [0.717, 1.165) is 33.3 Å². The molecule has 7 nitrogen and oxygen atoms in total. The molecule has 0 radical (unpaired) electrons. The van der Waals surface area contributed by atoms with Gasteiger partial charge in [0.2, 0.25) is 0 Å². The first-order valence-electron chi connectivity index (χ1n) is 11.3. The minimum atomic E-state index is 0.452. The first kappa shape index (κ1) is 26.7. The molecule has 0 spiro atoms. The number of benzene rings is 2. The predicted molar refractivity (Wildman–Crippen MR) is 135 cm³/mol. The van der Waals surface area contributed by atoms with Gasteiger partial charge in [0.25, 0.3) is 0 Å². The summed E-state index contributed by atoms with van der Waals surface area (Å²) in [5, 5.41) is 2.09. The van der Waals surface area contributed by atoms with Gasteiger partial charge in [-0.15, -0.1) is 23.2 Å². The summed E-state index contributed by atoms with van der Waals surface area (Å²) in [4.78, 5) is 4.79. The third-order valence-corrected chi connectivity index (χ3v) is 5.04. The molecule has 3 aromatic rings. The van der Waals surface area contributed by atoms with E-state index in [4.69, 9.17) is 56.6 Å². The Morgan fingerprint density at radius 1 is 0.500 bits per heavy atom. The van der Waals surface area contributed by atoms with Crippen LogP contribution in [0.15, 0.2) is 42.5 Å². The third kappa shape index (κ3) is 9.41. The number of hydrogen-bond donors (Lipinski definition) is 0. The molecule has 9 heteroatoms. The Hall–Kier alpha value is -1.87. The molecule has 0 bridgehead atoms. The number of fused-ring (bicyclic) bond motifs is 2. The van der Waals surface area contributed by atoms with Crippen molar-refractivity contribution >= 4 is 45.0 Å². The lowest BCUT2D eigenvalue weighted by Gasteiger charge is -2.10. The van der Waals surface area contributed by atoms with E-state index in [2.05, 4.69) is 6.07 Å². The predicted octanol–water partition coefficient (Wildman–Crippen LogP) is 4.69. The summed E-state index contributed by atoms with van der Waals surface area (Å²) < 4.78 is 33.1. The third-order valence-electron chi connectivity index (χ3n) is 4.74. The zero-order valence-corrected chi connectivity index (χ0v) is 20.7. The van der Waals surface area contributed by atoms with Gasteiger partial charge in [0.15, 0.2) is 0 Å². The molecule has 0 saturated heterocycles. The molecule has 3 rings (SSSR count). The highest BCUT2D eigenvalue weighted by Gasteiger charge is 2.05. The van der Waals surface area contributed by atoms with E-state index in [1.807, 2.05) is 36.4 Å². The zero-order chi connectivity index (χ0) is 23.8. The van der Waals surface area contributed by atoms with Crippen LogP contribution in [0.5, 0.6) is 11.5 Å². The Labute approximate surface area is 210 Å². The average molecular weight is 512 g/mol. The summed E-state index contributed by atoms with van der Waals surface area (Å²) >= 11 is 11.1. The van der Waals surface area contributed by atoms with Crippen molar-refractivity contribution < 1.29 is 28.4 Å². The summed E-state index contributed by atoms with van der Waals surface area (Å²) in [6.45, 7) is 5.04. The molecule has 0 N–H and O–H groups in total.